The van der Waals surface area contributed by atoms with Gasteiger partial charge in [-0.25, -0.2) is 0 Å². The van der Waals surface area contributed by atoms with E-state index in [-0.39, 0.29) is 49.3 Å². The summed E-state index contributed by atoms with van der Waals surface area (Å²) < 4.78 is 0. The molecular weight excluding hydrogens is 267 g/mol. The average Bonchev–Trinajstić information content (AvgIpc) is 2.16. The van der Waals surface area contributed by atoms with Crippen LogP contribution in [0, 0.1) is 0 Å². The van der Waals surface area contributed by atoms with Crippen molar-refractivity contribution in [1.29, 1.82) is 0 Å². The first-order valence-corrected chi connectivity index (χ1v) is 4.14. The summed E-state index contributed by atoms with van der Waals surface area (Å²) in [6.45, 7) is 0.348. The van der Waals surface area contributed by atoms with E-state index in [1.165, 1.54) is 4.91 Å². The minimum Gasteiger partial charge on any atom is -0.396 e. The molecule has 0 heterocycles. The summed E-state index contributed by atoms with van der Waals surface area (Å²) in [5.41, 5.74) is 21.0. The number of hydrogen-bond donors (Lipinski definition) is 2. The molecule has 0 aliphatic heterocycles. The molecule has 76 valence electrons. The van der Waals surface area contributed by atoms with E-state index in [9.17, 15) is 0 Å². The van der Waals surface area contributed by atoms with E-state index in [0.717, 1.165) is 0 Å². The molecule has 0 radical (unpaired) electrons. The number of hydrogen-bond acceptors (Lipinski definition) is 3. The molecule has 0 amide bonds. The fourth-order valence-electron chi connectivity index (χ4n) is 0.0894. The van der Waals surface area contributed by atoms with E-state index in [4.69, 9.17) is 26.8 Å². The van der Waals surface area contributed by atoms with E-state index >= 15 is 0 Å². The maximum Gasteiger partial charge on any atom is 1.00 e. The van der Waals surface area contributed by atoms with Crippen LogP contribution in [0.4, 0.5) is 0 Å². The third-order valence-electron chi connectivity index (χ3n) is 0.348. The van der Waals surface area contributed by atoms with Gasteiger partial charge in [0.15, 0.2) is 0 Å². The van der Waals surface area contributed by atoms with Crippen LogP contribution in [0.25, 0.3) is 26.4 Å². The molecule has 0 aliphatic carbocycles. The minimum atomic E-state index is -0.0654. The molecule has 0 unspecified atom stereocenters. The second kappa shape index (κ2) is 38.2. The molecule has 14 heavy (non-hydrogen) atoms. The second-order valence-corrected chi connectivity index (χ2v) is 1.97. The Labute approximate surface area is 112 Å². The van der Waals surface area contributed by atoms with Crippen molar-refractivity contribution >= 4 is 15.9 Å². The van der Waals surface area contributed by atoms with Crippen LogP contribution in [0.2, 0.25) is 0 Å². The van der Waals surface area contributed by atoms with Gasteiger partial charge in [0.1, 0.15) is 0 Å². The van der Waals surface area contributed by atoms with Gasteiger partial charge in [-0.2, -0.15) is 0 Å². The molecule has 0 fully saturated rings. The van der Waals surface area contributed by atoms with E-state index in [0.29, 0.717) is 5.33 Å². The predicted molar refractivity (Wildman–Crippen MR) is 52.1 cm³/mol. The second-order valence-electron chi connectivity index (χ2n) is 1.18. The fourth-order valence-corrected chi connectivity index (χ4v) is 0.0894. The SMILES string of the molecule is OCCBr.[N-]=[N+]=NCCO.[N-]=[N+]=[N-].[Na+]. The van der Waals surface area contributed by atoms with Gasteiger partial charge in [-0.3, -0.25) is 4.91 Å². The summed E-state index contributed by atoms with van der Waals surface area (Å²) in [6.07, 6.45) is 0. The number of alkyl halides is 1. The molecular formula is C4H10BrN6NaO2. The van der Waals surface area contributed by atoms with Gasteiger partial charge in [0.05, 0.1) is 6.61 Å². The topological polar surface area (TPSA) is 148 Å². The molecule has 0 rings (SSSR count). The Bertz CT molecular complexity index is 156. The van der Waals surface area contributed by atoms with Crippen LogP contribution in [0.15, 0.2) is 5.11 Å². The van der Waals surface area contributed by atoms with Crippen molar-refractivity contribution in [2.75, 3.05) is 25.1 Å². The Balaban J connectivity index is -0.0000000553. The molecule has 0 bridgehead atoms. The van der Waals surface area contributed by atoms with Gasteiger partial charge in [0, 0.05) is 23.4 Å². The van der Waals surface area contributed by atoms with Crippen LogP contribution in [0.5, 0.6) is 0 Å². The molecule has 0 aromatic rings. The molecule has 10 heteroatoms. The van der Waals surface area contributed by atoms with Crippen molar-refractivity contribution < 1.29 is 39.8 Å². The normalized spacial score (nSPS) is 5.64. The van der Waals surface area contributed by atoms with Crippen LogP contribution in [-0.4, -0.2) is 35.3 Å². The molecule has 0 saturated heterocycles. The van der Waals surface area contributed by atoms with Gasteiger partial charge >= 0.3 is 29.6 Å². The van der Waals surface area contributed by atoms with E-state index in [1.807, 2.05) is 0 Å². The summed E-state index contributed by atoms with van der Waals surface area (Å²) in [4.78, 5) is 3.89. The maximum absolute atomic E-state index is 7.93. The van der Waals surface area contributed by atoms with Gasteiger partial charge in [-0.05, 0) is 5.53 Å². The van der Waals surface area contributed by atoms with Gasteiger partial charge < -0.3 is 21.3 Å². The largest absolute Gasteiger partial charge is 1.00 e. The summed E-state index contributed by atoms with van der Waals surface area (Å²) >= 11 is 3.00. The van der Waals surface area contributed by atoms with E-state index < -0.39 is 0 Å². The molecule has 0 aromatic heterocycles. The average molecular weight is 277 g/mol. The van der Waals surface area contributed by atoms with Crippen LogP contribution in [0.1, 0.15) is 0 Å². The first-order chi connectivity index (χ1) is 6.24. The Morgan fingerprint density at radius 2 is 1.50 bits per heavy atom. The van der Waals surface area contributed by atoms with Gasteiger partial charge in [0.2, 0.25) is 0 Å². The van der Waals surface area contributed by atoms with Crippen LogP contribution in [-0.2, 0) is 0 Å². The van der Waals surface area contributed by atoms with Gasteiger partial charge in [0.25, 0.3) is 0 Å². The van der Waals surface area contributed by atoms with E-state index in [1.54, 1.807) is 0 Å². The minimum absolute atomic E-state index is 0. The zero-order chi connectivity index (χ0) is 10.9. The smallest absolute Gasteiger partial charge is 0.396 e. The van der Waals surface area contributed by atoms with Crippen molar-refractivity contribution in [2.24, 2.45) is 5.11 Å². The molecule has 2 N–H and O–H groups in total. The fraction of sp³-hybridized carbons (Fsp3) is 1.00. The third kappa shape index (κ3) is 90.3. The Morgan fingerprint density at radius 1 is 1.14 bits per heavy atom. The molecule has 0 aromatic carbocycles. The number of halogens is 1. The predicted octanol–water partition coefficient (Wildman–Crippen LogP) is -1.47. The molecule has 0 saturated carbocycles. The molecule has 8 nitrogen and oxygen atoms in total. The summed E-state index contributed by atoms with van der Waals surface area (Å²) in [7, 11) is 0. The zero-order valence-corrected chi connectivity index (χ0v) is 11.4. The number of aliphatic hydroxyl groups is 2. The summed E-state index contributed by atoms with van der Waals surface area (Å²) in [6, 6.07) is 0. The number of aliphatic hydroxyl groups excluding tert-OH is 2. The van der Waals surface area contributed by atoms with Crippen molar-refractivity contribution in [1.82, 2.24) is 0 Å². The number of nitrogens with zero attached hydrogens (tertiary/aromatic N) is 6. The Hall–Kier alpha value is 0.0200. The van der Waals surface area contributed by atoms with Gasteiger partial charge in [-0.15, -0.1) is 0 Å². The van der Waals surface area contributed by atoms with Crippen LogP contribution >= 0.6 is 15.9 Å². The molecule has 0 aliphatic rings. The monoisotopic (exact) mass is 276 g/mol. The summed E-state index contributed by atoms with van der Waals surface area (Å²) in [5.74, 6) is 0. The summed E-state index contributed by atoms with van der Waals surface area (Å²) in [5, 5.41) is 19.5. The Morgan fingerprint density at radius 3 is 1.57 bits per heavy atom. The van der Waals surface area contributed by atoms with Crippen molar-refractivity contribution in [3.05, 3.63) is 26.4 Å². The van der Waals surface area contributed by atoms with Crippen molar-refractivity contribution in [2.45, 2.75) is 0 Å². The molecule has 0 spiro atoms. The van der Waals surface area contributed by atoms with Crippen LogP contribution in [0.3, 0.4) is 0 Å². The third-order valence-corrected chi connectivity index (χ3v) is 0.702. The first kappa shape index (κ1) is 23.7. The maximum atomic E-state index is 7.93. The standard InChI is InChI=1S/C2H5BrO.C2H5N3O.N3.Na/c3-1-2-4;3-5-4-1-2-6;1-3-2;/h4H,1-2H2;6H,1-2H2;;/q;;-1;+1. The first-order valence-electron chi connectivity index (χ1n) is 3.02. The number of rotatable bonds is 3. The van der Waals surface area contributed by atoms with Gasteiger partial charge in [-0.1, -0.05) is 21.0 Å². The van der Waals surface area contributed by atoms with Crippen LogP contribution < -0.4 is 29.6 Å². The Kier molecular flexibility index (Phi) is 64.5. The van der Waals surface area contributed by atoms with Crippen molar-refractivity contribution in [3.63, 3.8) is 0 Å². The van der Waals surface area contributed by atoms with E-state index in [2.05, 4.69) is 26.0 Å². The quantitative estimate of drug-likeness (QED) is 0.213. The zero-order valence-electron chi connectivity index (χ0n) is 7.78. The number of azide groups is 1. The van der Waals surface area contributed by atoms with Crippen molar-refractivity contribution in [3.8, 4) is 0 Å². The molecule has 0 atom stereocenters.